The Morgan fingerprint density at radius 2 is 1.77 bits per heavy atom. The highest BCUT2D eigenvalue weighted by Crippen LogP contribution is 2.34. The summed E-state index contributed by atoms with van der Waals surface area (Å²) in [7, 11) is 1.25. The minimum Gasteiger partial charge on any atom is -0.484 e. The van der Waals surface area contributed by atoms with Crippen molar-refractivity contribution in [3.8, 4) is 5.75 Å². The van der Waals surface area contributed by atoms with Gasteiger partial charge < -0.3 is 19.2 Å². The predicted molar refractivity (Wildman–Crippen MR) is 99.4 cm³/mol. The highest BCUT2D eigenvalue weighted by atomic mass is 19.4. The van der Waals surface area contributed by atoms with E-state index < -0.39 is 35.8 Å². The monoisotopic (exact) mass is 421 g/mol. The molecule has 156 valence electrons. The third-order valence-electron chi connectivity index (χ3n) is 3.98. The molecule has 0 aliphatic rings. The van der Waals surface area contributed by atoms with Crippen LogP contribution in [0.4, 0.5) is 18.9 Å². The Balaban J connectivity index is 1.69. The molecule has 1 N–H and O–H groups in total. The zero-order valence-corrected chi connectivity index (χ0v) is 15.4. The Morgan fingerprint density at radius 1 is 1.07 bits per heavy atom. The molecule has 0 saturated carbocycles. The number of alkyl halides is 3. The van der Waals surface area contributed by atoms with Crippen LogP contribution in [0.5, 0.6) is 5.75 Å². The molecule has 0 saturated heterocycles. The number of ether oxygens (including phenoxy) is 2. The number of nitrogens with one attached hydrogen (secondary N) is 1. The molecule has 1 aromatic heterocycles. The first-order valence-corrected chi connectivity index (χ1v) is 8.43. The van der Waals surface area contributed by atoms with Crippen molar-refractivity contribution < 1.29 is 36.7 Å². The second-order valence-corrected chi connectivity index (χ2v) is 6.04. The quantitative estimate of drug-likeness (QED) is 0.500. The molecule has 30 heavy (non-hydrogen) atoms. The summed E-state index contributed by atoms with van der Waals surface area (Å²) in [6.45, 7) is -0.451. The number of carbonyl (C=O) groups is 2. The van der Waals surface area contributed by atoms with Crippen molar-refractivity contribution in [2.45, 2.75) is 6.18 Å². The van der Waals surface area contributed by atoms with E-state index in [1.54, 1.807) is 0 Å². The van der Waals surface area contributed by atoms with E-state index in [0.717, 1.165) is 12.1 Å². The fourth-order valence-corrected chi connectivity index (χ4v) is 2.62. The Kier molecular flexibility index (Phi) is 5.77. The van der Waals surface area contributed by atoms with Crippen LogP contribution in [0.15, 0.2) is 57.7 Å². The molecular weight excluding hydrogens is 407 g/mol. The van der Waals surface area contributed by atoms with Gasteiger partial charge in [-0.3, -0.25) is 4.79 Å². The van der Waals surface area contributed by atoms with Crippen LogP contribution < -0.4 is 15.7 Å². The second kappa shape index (κ2) is 8.27. The summed E-state index contributed by atoms with van der Waals surface area (Å²) >= 11 is 0. The summed E-state index contributed by atoms with van der Waals surface area (Å²) in [4.78, 5) is 34.8. The lowest BCUT2D eigenvalue weighted by Gasteiger charge is -2.11. The fourth-order valence-electron chi connectivity index (χ4n) is 2.62. The molecule has 1 heterocycles. The van der Waals surface area contributed by atoms with Gasteiger partial charge in [0.1, 0.15) is 11.3 Å². The number of rotatable bonds is 5. The number of benzene rings is 2. The minimum atomic E-state index is -4.72. The van der Waals surface area contributed by atoms with Gasteiger partial charge in [0.25, 0.3) is 5.91 Å². The van der Waals surface area contributed by atoms with Crippen molar-refractivity contribution in [1.29, 1.82) is 0 Å². The lowest BCUT2D eigenvalue weighted by molar-refractivity contribution is -0.136. The molecule has 0 atom stereocenters. The van der Waals surface area contributed by atoms with E-state index in [1.807, 2.05) is 0 Å². The van der Waals surface area contributed by atoms with E-state index in [9.17, 15) is 27.6 Å². The number of amides is 1. The maximum absolute atomic E-state index is 13.1. The van der Waals surface area contributed by atoms with Crippen LogP contribution in [-0.4, -0.2) is 25.6 Å². The summed E-state index contributed by atoms with van der Waals surface area (Å²) in [6, 6.07) is 9.72. The van der Waals surface area contributed by atoms with E-state index >= 15 is 0 Å². The highest BCUT2D eigenvalue weighted by Gasteiger charge is 2.33. The first-order chi connectivity index (χ1) is 14.2. The Bertz CT molecular complexity index is 1150. The molecule has 10 heteroatoms. The summed E-state index contributed by atoms with van der Waals surface area (Å²) in [5, 5.41) is 2.23. The predicted octanol–water partition coefficient (Wildman–Crippen LogP) is 3.62. The molecule has 3 aromatic rings. The minimum absolute atomic E-state index is 0.0427. The van der Waals surface area contributed by atoms with Gasteiger partial charge in [0.2, 0.25) is 0 Å². The van der Waals surface area contributed by atoms with Crippen molar-refractivity contribution >= 4 is 28.5 Å². The first kappa shape index (κ1) is 20.9. The van der Waals surface area contributed by atoms with Gasteiger partial charge in [0, 0.05) is 23.2 Å². The molecule has 0 aliphatic carbocycles. The van der Waals surface area contributed by atoms with Gasteiger partial charge in [-0.05, 0) is 36.4 Å². The summed E-state index contributed by atoms with van der Waals surface area (Å²) in [5.74, 6) is -1.03. The number of hydrogen-bond acceptors (Lipinski definition) is 6. The van der Waals surface area contributed by atoms with Gasteiger partial charge in [-0.25, -0.2) is 9.59 Å². The fraction of sp³-hybridized carbons (Fsp3) is 0.150. The molecule has 3 rings (SSSR count). The van der Waals surface area contributed by atoms with Crippen LogP contribution in [0.25, 0.3) is 11.0 Å². The molecule has 1 amide bonds. The number of anilines is 1. The van der Waals surface area contributed by atoms with Crippen molar-refractivity contribution in [2.75, 3.05) is 19.0 Å². The standard InChI is InChI=1S/C20H14F3NO6/c1-28-19(27)11-2-4-12(5-3-11)24-17(25)10-29-13-6-7-14-15(20(21,22)23)9-18(26)30-16(14)8-13/h2-9H,10H2,1H3,(H,24,25). The molecule has 0 aliphatic heterocycles. The zero-order chi connectivity index (χ0) is 21.9. The lowest BCUT2D eigenvalue weighted by Crippen LogP contribution is -2.20. The van der Waals surface area contributed by atoms with E-state index in [-0.39, 0.29) is 16.7 Å². The normalized spacial score (nSPS) is 11.2. The smallest absolute Gasteiger partial charge is 0.417 e. The highest BCUT2D eigenvalue weighted by molar-refractivity contribution is 5.93. The average molecular weight is 421 g/mol. The molecule has 2 aromatic carbocycles. The van der Waals surface area contributed by atoms with Crippen LogP contribution in [0, 0.1) is 0 Å². The van der Waals surface area contributed by atoms with Gasteiger partial charge in [-0.2, -0.15) is 13.2 Å². The van der Waals surface area contributed by atoms with Crippen LogP contribution in [0.3, 0.4) is 0 Å². The number of carbonyl (C=O) groups excluding carboxylic acids is 2. The summed E-state index contributed by atoms with van der Waals surface area (Å²) in [6.07, 6.45) is -4.72. The molecule has 0 fully saturated rings. The zero-order valence-electron chi connectivity index (χ0n) is 15.4. The number of esters is 1. The Labute approximate surface area is 167 Å². The number of fused-ring (bicyclic) bond motifs is 1. The SMILES string of the molecule is COC(=O)c1ccc(NC(=O)COc2ccc3c(C(F)(F)F)cc(=O)oc3c2)cc1. The Hall–Kier alpha value is -3.82. The Morgan fingerprint density at radius 3 is 2.40 bits per heavy atom. The van der Waals surface area contributed by atoms with Crippen molar-refractivity contribution in [1.82, 2.24) is 0 Å². The van der Waals surface area contributed by atoms with E-state index in [0.29, 0.717) is 17.3 Å². The molecular formula is C20H14F3NO6. The molecule has 7 nitrogen and oxygen atoms in total. The number of halogens is 3. The van der Waals surface area contributed by atoms with Gasteiger partial charge in [-0.15, -0.1) is 0 Å². The topological polar surface area (TPSA) is 94.8 Å². The van der Waals surface area contributed by atoms with Gasteiger partial charge in [0.15, 0.2) is 6.61 Å². The maximum Gasteiger partial charge on any atom is 0.417 e. The van der Waals surface area contributed by atoms with Crippen molar-refractivity contribution in [3.05, 3.63) is 70.1 Å². The van der Waals surface area contributed by atoms with Crippen LogP contribution in [-0.2, 0) is 15.7 Å². The van der Waals surface area contributed by atoms with Crippen LogP contribution in [0.1, 0.15) is 15.9 Å². The van der Waals surface area contributed by atoms with Gasteiger partial charge in [0.05, 0.1) is 18.2 Å². The maximum atomic E-state index is 13.1. The number of hydrogen-bond donors (Lipinski definition) is 1. The second-order valence-electron chi connectivity index (χ2n) is 6.04. The molecule has 0 bridgehead atoms. The van der Waals surface area contributed by atoms with Crippen molar-refractivity contribution in [2.24, 2.45) is 0 Å². The van der Waals surface area contributed by atoms with E-state index in [2.05, 4.69) is 10.1 Å². The first-order valence-electron chi connectivity index (χ1n) is 8.43. The molecule has 0 unspecified atom stereocenters. The average Bonchev–Trinajstić information content (AvgIpc) is 2.70. The number of methoxy groups -OCH3 is 1. The van der Waals surface area contributed by atoms with Crippen LogP contribution >= 0.6 is 0 Å². The third-order valence-corrected chi connectivity index (χ3v) is 3.98. The van der Waals surface area contributed by atoms with Crippen LogP contribution in [0.2, 0.25) is 0 Å². The third kappa shape index (κ3) is 4.77. The van der Waals surface area contributed by atoms with Gasteiger partial charge >= 0.3 is 17.8 Å². The molecule has 0 radical (unpaired) electrons. The van der Waals surface area contributed by atoms with E-state index in [4.69, 9.17) is 9.15 Å². The van der Waals surface area contributed by atoms with E-state index in [1.165, 1.54) is 37.4 Å². The molecule has 0 spiro atoms. The lowest BCUT2D eigenvalue weighted by atomic mass is 10.1. The van der Waals surface area contributed by atoms with Crippen molar-refractivity contribution in [3.63, 3.8) is 0 Å². The van der Waals surface area contributed by atoms with Gasteiger partial charge in [-0.1, -0.05) is 0 Å². The largest absolute Gasteiger partial charge is 0.484 e. The summed E-state index contributed by atoms with van der Waals surface area (Å²) < 4.78 is 53.8. The summed E-state index contributed by atoms with van der Waals surface area (Å²) in [5.41, 5.74) is -1.88.